The fraction of sp³-hybridized carbons (Fsp3) is 0.417. The molecule has 5 nitrogen and oxygen atoms in total. The molecule has 88 valence electrons. The first-order valence-electron chi connectivity index (χ1n) is 5.75. The third-order valence-corrected chi connectivity index (χ3v) is 3.31. The summed E-state index contributed by atoms with van der Waals surface area (Å²) in [4.78, 5) is 0. The number of nitrogens with two attached hydrogens (primary N) is 1. The molecule has 0 saturated heterocycles. The van der Waals surface area contributed by atoms with E-state index in [9.17, 15) is 0 Å². The van der Waals surface area contributed by atoms with Gasteiger partial charge in [0.15, 0.2) is 5.82 Å². The SMILES string of the molecule is Cc1cc(N)cc(-c2nnnn2C2(C)CC2)c1. The third-order valence-electron chi connectivity index (χ3n) is 3.31. The number of tetrazole rings is 1. The van der Waals surface area contributed by atoms with Crippen molar-refractivity contribution in [3.05, 3.63) is 23.8 Å². The summed E-state index contributed by atoms with van der Waals surface area (Å²) in [6, 6.07) is 5.92. The van der Waals surface area contributed by atoms with E-state index in [-0.39, 0.29) is 5.54 Å². The molecule has 2 aromatic rings. The Bertz CT molecular complexity index is 548. The van der Waals surface area contributed by atoms with E-state index < -0.39 is 0 Å². The van der Waals surface area contributed by atoms with Crippen molar-refractivity contribution in [3.63, 3.8) is 0 Å². The topological polar surface area (TPSA) is 69.6 Å². The average Bonchev–Trinajstić information content (AvgIpc) is 2.81. The number of benzene rings is 1. The fourth-order valence-corrected chi connectivity index (χ4v) is 2.07. The highest BCUT2D eigenvalue weighted by molar-refractivity contribution is 5.62. The molecule has 17 heavy (non-hydrogen) atoms. The normalized spacial score (nSPS) is 17.1. The minimum atomic E-state index is 0.0946. The van der Waals surface area contributed by atoms with Crippen molar-refractivity contribution >= 4 is 5.69 Å². The van der Waals surface area contributed by atoms with Gasteiger partial charge in [-0.1, -0.05) is 0 Å². The summed E-state index contributed by atoms with van der Waals surface area (Å²) in [5.74, 6) is 0.806. The number of hydrogen-bond acceptors (Lipinski definition) is 4. The molecule has 1 aliphatic carbocycles. The van der Waals surface area contributed by atoms with Crippen molar-refractivity contribution in [3.8, 4) is 11.4 Å². The van der Waals surface area contributed by atoms with Crippen LogP contribution in [-0.4, -0.2) is 20.2 Å². The molecule has 2 N–H and O–H groups in total. The van der Waals surface area contributed by atoms with Crippen LogP contribution < -0.4 is 5.73 Å². The third kappa shape index (κ3) is 1.67. The van der Waals surface area contributed by atoms with Crippen molar-refractivity contribution in [2.45, 2.75) is 32.2 Å². The van der Waals surface area contributed by atoms with Gasteiger partial charge in [-0.3, -0.25) is 0 Å². The van der Waals surface area contributed by atoms with Crippen LogP contribution in [0.15, 0.2) is 18.2 Å². The number of hydrogen-bond donors (Lipinski definition) is 1. The lowest BCUT2D eigenvalue weighted by Gasteiger charge is -2.11. The number of nitrogens with zero attached hydrogens (tertiary/aromatic N) is 4. The second kappa shape index (κ2) is 3.29. The number of rotatable bonds is 2. The quantitative estimate of drug-likeness (QED) is 0.796. The maximum atomic E-state index is 5.86. The van der Waals surface area contributed by atoms with Crippen molar-refractivity contribution in [2.24, 2.45) is 0 Å². The van der Waals surface area contributed by atoms with Crippen LogP contribution in [-0.2, 0) is 5.54 Å². The zero-order chi connectivity index (χ0) is 12.0. The van der Waals surface area contributed by atoms with E-state index >= 15 is 0 Å². The maximum Gasteiger partial charge on any atom is 0.182 e. The predicted octanol–water partition coefficient (Wildman–Crippen LogP) is 1.74. The van der Waals surface area contributed by atoms with Gasteiger partial charge in [-0.25, -0.2) is 4.68 Å². The van der Waals surface area contributed by atoms with Gasteiger partial charge in [-0.15, -0.1) is 5.10 Å². The van der Waals surface area contributed by atoms with Crippen LogP contribution in [0.25, 0.3) is 11.4 Å². The molecule has 1 aromatic carbocycles. The lowest BCUT2D eigenvalue weighted by atomic mass is 10.1. The standard InChI is InChI=1S/C12H15N5/c1-8-5-9(7-10(13)6-8)11-14-15-16-17(11)12(2)3-4-12/h5-7H,3-4,13H2,1-2H3. The molecule has 3 rings (SSSR count). The highest BCUT2D eigenvalue weighted by atomic mass is 15.6. The summed E-state index contributed by atoms with van der Waals surface area (Å²) < 4.78 is 1.92. The van der Waals surface area contributed by atoms with E-state index in [1.165, 1.54) is 0 Å². The Morgan fingerprint density at radius 2 is 2.06 bits per heavy atom. The molecular formula is C12H15N5. The lowest BCUT2D eigenvalue weighted by Crippen LogP contribution is -2.15. The zero-order valence-corrected chi connectivity index (χ0v) is 10.0. The first-order valence-corrected chi connectivity index (χ1v) is 5.75. The summed E-state index contributed by atoms with van der Waals surface area (Å²) in [6.07, 6.45) is 2.26. The van der Waals surface area contributed by atoms with Gasteiger partial charge in [0.05, 0.1) is 5.54 Å². The summed E-state index contributed by atoms with van der Waals surface area (Å²) in [5.41, 5.74) is 8.81. The van der Waals surface area contributed by atoms with Crippen molar-refractivity contribution < 1.29 is 0 Å². The minimum absolute atomic E-state index is 0.0946. The Morgan fingerprint density at radius 1 is 1.29 bits per heavy atom. The van der Waals surface area contributed by atoms with Crippen LogP contribution in [0.5, 0.6) is 0 Å². The van der Waals surface area contributed by atoms with Gasteiger partial charge in [0, 0.05) is 11.3 Å². The summed E-state index contributed by atoms with van der Waals surface area (Å²) in [6.45, 7) is 4.19. The molecule has 0 bridgehead atoms. The molecule has 0 atom stereocenters. The van der Waals surface area contributed by atoms with Gasteiger partial charge in [0.2, 0.25) is 0 Å². The van der Waals surface area contributed by atoms with Crippen LogP contribution in [0, 0.1) is 6.92 Å². The average molecular weight is 229 g/mol. The van der Waals surface area contributed by atoms with Gasteiger partial charge < -0.3 is 5.73 Å². The smallest absolute Gasteiger partial charge is 0.182 e. The number of aryl methyl sites for hydroxylation is 1. The molecule has 1 aliphatic rings. The van der Waals surface area contributed by atoms with Gasteiger partial charge in [-0.05, 0) is 60.9 Å². The van der Waals surface area contributed by atoms with Crippen LogP contribution in [0.3, 0.4) is 0 Å². The van der Waals surface area contributed by atoms with Crippen LogP contribution in [0.1, 0.15) is 25.3 Å². The second-order valence-electron chi connectivity index (χ2n) is 5.04. The Balaban J connectivity index is 2.12. The Labute approximate surface area is 99.6 Å². The number of nitrogen functional groups attached to an aromatic ring is 1. The molecular weight excluding hydrogens is 214 g/mol. The molecule has 1 saturated carbocycles. The summed E-state index contributed by atoms with van der Waals surface area (Å²) in [7, 11) is 0. The largest absolute Gasteiger partial charge is 0.399 e. The Morgan fingerprint density at radius 3 is 2.71 bits per heavy atom. The molecule has 1 aromatic heterocycles. The maximum absolute atomic E-state index is 5.86. The molecule has 1 heterocycles. The Hall–Kier alpha value is -1.91. The highest BCUT2D eigenvalue weighted by Gasteiger charge is 2.42. The number of aromatic nitrogens is 4. The first-order chi connectivity index (χ1) is 8.08. The van der Waals surface area contributed by atoms with Gasteiger partial charge in [0.25, 0.3) is 0 Å². The van der Waals surface area contributed by atoms with E-state index in [4.69, 9.17) is 5.73 Å². The molecule has 1 fully saturated rings. The fourth-order valence-electron chi connectivity index (χ4n) is 2.07. The van der Waals surface area contributed by atoms with Crippen LogP contribution in [0.2, 0.25) is 0 Å². The summed E-state index contributed by atoms with van der Waals surface area (Å²) in [5, 5.41) is 12.0. The molecule has 0 spiro atoms. The lowest BCUT2D eigenvalue weighted by molar-refractivity contribution is 0.463. The number of anilines is 1. The second-order valence-corrected chi connectivity index (χ2v) is 5.04. The van der Waals surface area contributed by atoms with Crippen molar-refractivity contribution in [1.29, 1.82) is 0 Å². The molecule has 0 radical (unpaired) electrons. The molecule has 0 aliphatic heterocycles. The summed E-state index contributed by atoms with van der Waals surface area (Å²) >= 11 is 0. The van der Waals surface area contributed by atoms with E-state index in [2.05, 4.69) is 28.5 Å². The molecule has 0 amide bonds. The van der Waals surface area contributed by atoms with E-state index in [0.29, 0.717) is 0 Å². The minimum Gasteiger partial charge on any atom is -0.399 e. The van der Waals surface area contributed by atoms with E-state index in [1.807, 2.05) is 23.7 Å². The van der Waals surface area contributed by atoms with Gasteiger partial charge in [-0.2, -0.15) is 0 Å². The van der Waals surface area contributed by atoms with Crippen LogP contribution >= 0.6 is 0 Å². The Kier molecular flexibility index (Phi) is 1.98. The zero-order valence-electron chi connectivity index (χ0n) is 10.0. The van der Waals surface area contributed by atoms with E-state index in [0.717, 1.165) is 35.5 Å². The highest BCUT2D eigenvalue weighted by Crippen LogP contribution is 2.44. The molecule has 0 unspecified atom stereocenters. The van der Waals surface area contributed by atoms with Crippen molar-refractivity contribution in [1.82, 2.24) is 20.2 Å². The molecule has 5 heteroatoms. The van der Waals surface area contributed by atoms with Crippen molar-refractivity contribution in [2.75, 3.05) is 5.73 Å². The van der Waals surface area contributed by atoms with E-state index in [1.54, 1.807) is 0 Å². The van der Waals surface area contributed by atoms with Gasteiger partial charge >= 0.3 is 0 Å². The van der Waals surface area contributed by atoms with Gasteiger partial charge in [0.1, 0.15) is 0 Å². The van der Waals surface area contributed by atoms with Crippen LogP contribution in [0.4, 0.5) is 5.69 Å². The predicted molar refractivity (Wildman–Crippen MR) is 65.3 cm³/mol. The monoisotopic (exact) mass is 229 g/mol. The first kappa shape index (κ1) is 10.3.